The number of hydrogen-bond acceptors (Lipinski definition) is 5. The fourth-order valence-electron chi connectivity index (χ4n) is 6.18. The first-order valence-corrected chi connectivity index (χ1v) is 13.1. The Kier molecular flexibility index (Phi) is 5.99. The highest BCUT2D eigenvalue weighted by atomic mass is 19.1. The first kappa shape index (κ1) is 26.1. The Morgan fingerprint density at radius 2 is 1.80 bits per heavy atom. The van der Waals surface area contributed by atoms with E-state index in [4.69, 9.17) is 0 Å². The molecule has 2 N–H and O–H groups in total. The topological polar surface area (TPSA) is 94.6 Å². The van der Waals surface area contributed by atoms with Gasteiger partial charge in [-0.05, 0) is 80.8 Å². The average Bonchev–Trinajstić information content (AvgIpc) is 3.41. The molecule has 2 unspecified atom stereocenters. The van der Waals surface area contributed by atoms with E-state index < -0.39 is 34.5 Å². The quantitative estimate of drug-likeness (QED) is 0.523. The van der Waals surface area contributed by atoms with Gasteiger partial charge in [-0.15, -0.1) is 0 Å². The molecule has 2 aliphatic heterocycles. The summed E-state index contributed by atoms with van der Waals surface area (Å²) in [4.78, 5) is 47.3. The second-order valence-corrected chi connectivity index (χ2v) is 11.4. The number of nitrogens with zero attached hydrogens (tertiary/aromatic N) is 3. The lowest BCUT2D eigenvalue weighted by Gasteiger charge is -2.48. The number of anilines is 2. The Labute approximate surface area is 230 Å². The Bertz CT molecular complexity index is 1550. The summed E-state index contributed by atoms with van der Waals surface area (Å²) in [5.74, 6) is -1.74. The van der Waals surface area contributed by atoms with E-state index in [0.717, 1.165) is 22.8 Å². The summed E-state index contributed by atoms with van der Waals surface area (Å²) >= 11 is 0. The van der Waals surface area contributed by atoms with Crippen LogP contribution in [0.3, 0.4) is 0 Å². The molecule has 1 saturated heterocycles. The van der Waals surface area contributed by atoms with Crippen molar-refractivity contribution in [2.75, 3.05) is 30.8 Å². The van der Waals surface area contributed by atoms with Crippen molar-refractivity contribution < 1.29 is 23.2 Å². The molecule has 10 heteroatoms. The van der Waals surface area contributed by atoms with E-state index >= 15 is 0 Å². The van der Waals surface area contributed by atoms with Crippen molar-refractivity contribution in [1.29, 1.82) is 0 Å². The van der Waals surface area contributed by atoms with E-state index in [2.05, 4.69) is 15.6 Å². The number of carbonyl (C=O) groups excluding carboxylic acids is 3. The fraction of sp³-hybridized carbons (Fsp3) is 0.333. The molecular weight excluding hydrogens is 516 g/mol. The van der Waals surface area contributed by atoms with Crippen molar-refractivity contribution in [3.63, 3.8) is 0 Å². The molecule has 1 aromatic heterocycles. The van der Waals surface area contributed by atoms with Gasteiger partial charge in [0, 0.05) is 30.1 Å². The SMILES string of the molecule is CN1CC(c2cc(F)cc(F)c2)N(CC(=O)Nc2ccc3c(c2)CC2(C3)C(=O)Nc3ncccc32)C(=O)C1(C)C. The smallest absolute Gasteiger partial charge is 0.244 e. The van der Waals surface area contributed by atoms with Gasteiger partial charge in [0.2, 0.25) is 17.7 Å². The summed E-state index contributed by atoms with van der Waals surface area (Å²) in [6.45, 7) is 3.52. The number of nitrogens with one attached hydrogen (secondary N) is 2. The second-order valence-electron chi connectivity index (χ2n) is 11.4. The van der Waals surface area contributed by atoms with E-state index in [1.165, 1.54) is 17.0 Å². The molecule has 0 bridgehead atoms. The minimum Gasteiger partial charge on any atom is -0.325 e. The molecule has 2 atom stereocenters. The molecule has 2 aromatic carbocycles. The van der Waals surface area contributed by atoms with Gasteiger partial charge in [0.15, 0.2) is 0 Å². The molecular formula is C30H29F2N5O3. The first-order valence-electron chi connectivity index (χ1n) is 13.1. The van der Waals surface area contributed by atoms with E-state index in [9.17, 15) is 23.2 Å². The average molecular weight is 546 g/mol. The minimum atomic E-state index is -0.905. The van der Waals surface area contributed by atoms with Gasteiger partial charge in [0.25, 0.3) is 0 Å². The maximum atomic E-state index is 14.1. The second kappa shape index (κ2) is 9.19. The third-order valence-electron chi connectivity index (χ3n) is 8.61. The molecule has 0 saturated carbocycles. The number of pyridine rings is 1. The summed E-state index contributed by atoms with van der Waals surface area (Å²) in [5.41, 5.74) is 2.05. The van der Waals surface area contributed by atoms with Gasteiger partial charge in [0.1, 0.15) is 24.0 Å². The lowest BCUT2D eigenvalue weighted by Crippen LogP contribution is -2.63. The monoisotopic (exact) mass is 545 g/mol. The largest absolute Gasteiger partial charge is 0.325 e. The molecule has 3 amide bonds. The summed E-state index contributed by atoms with van der Waals surface area (Å²) in [6.07, 6.45) is 2.67. The third kappa shape index (κ3) is 4.14. The number of likely N-dealkylation sites (N-methyl/N-ethyl adjacent to an activating group) is 1. The lowest BCUT2D eigenvalue weighted by atomic mass is 9.79. The van der Waals surface area contributed by atoms with Crippen molar-refractivity contribution in [2.24, 2.45) is 0 Å². The van der Waals surface area contributed by atoms with Crippen LogP contribution in [-0.4, -0.2) is 58.2 Å². The summed E-state index contributed by atoms with van der Waals surface area (Å²) in [7, 11) is 1.77. The standard InChI is InChI=1S/C30H29F2N5O3/c1-29(2)28(40)37(24(15-36(29)3)18-9-20(31)12-21(32)10-18)16-25(38)34-22-7-6-17-13-30(14-19(17)11-22)23-5-4-8-33-26(23)35-27(30)39/h4-12,24H,13-16H2,1-3H3,(H,34,38)(H,33,35,39). The molecule has 3 heterocycles. The van der Waals surface area contributed by atoms with E-state index in [0.29, 0.717) is 30.9 Å². The highest BCUT2D eigenvalue weighted by Gasteiger charge is 2.51. The van der Waals surface area contributed by atoms with Crippen LogP contribution in [0.5, 0.6) is 0 Å². The molecule has 0 radical (unpaired) electrons. The van der Waals surface area contributed by atoms with Crippen LogP contribution in [0, 0.1) is 11.6 Å². The highest BCUT2D eigenvalue weighted by Crippen LogP contribution is 2.47. The van der Waals surface area contributed by atoms with E-state index in [1.807, 2.05) is 29.2 Å². The van der Waals surface area contributed by atoms with Gasteiger partial charge in [-0.25, -0.2) is 13.8 Å². The number of piperazine rings is 1. The molecule has 206 valence electrons. The van der Waals surface area contributed by atoms with Crippen LogP contribution in [0.15, 0.2) is 54.7 Å². The predicted molar refractivity (Wildman–Crippen MR) is 145 cm³/mol. The summed E-state index contributed by atoms with van der Waals surface area (Å²) in [6, 6.07) is 11.7. The van der Waals surface area contributed by atoms with Gasteiger partial charge in [-0.3, -0.25) is 19.3 Å². The molecule has 3 aromatic rings. The maximum absolute atomic E-state index is 14.1. The molecule has 3 aliphatic rings. The summed E-state index contributed by atoms with van der Waals surface area (Å²) < 4.78 is 28.1. The summed E-state index contributed by atoms with van der Waals surface area (Å²) in [5, 5.41) is 5.76. The molecule has 1 aliphatic carbocycles. The number of aromatic nitrogens is 1. The van der Waals surface area contributed by atoms with Crippen LogP contribution in [0.4, 0.5) is 20.3 Å². The van der Waals surface area contributed by atoms with Gasteiger partial charge >= 0.3 is 0 Å². The van der Waals surface area contributed by atoms with Gasteiger partial charge in [0.05, 0.1) is 17.0 Å². The molecule has 1 spiro atoms. The number of hydrogen-bond donors (Lipinski definition) is 2. The zero-order valence-corrected chi connectivity index (χ0v) is 22.4. The van der Waals surface area contributed by atoms with E-state index in [1.54, 1.807) is 33.2 Å². The molecule has 6 rings (SSSR count). The molecule has 8 nitrogen and oxygen atoms in total. The van der Waals surface area contributed by atoms with Crippen LogP contribution in [0.2, 0.25) is 0 Å². The number of benzene rings is 2. The van der Waals surface area contributed by atoms with Crippen molar-refractivity contribution >= 4 is 29.2 Å². The van der Waals surface area contributed by atoms with Gasteiger partial charge < -0.3 is 15.5 Å². The minimum absolute atomic E-state index is 0.0843. The third-order valence-corrected chi connectivity index (χ3v) is 8.61. The Balaban J connectivity index is 1.23. The van der Waals surface area contributed by atoms with Gasteiger partial charge in [-0.1, -0.05) is 12.1 Å². The van der Waals surface area contributed by atoms with Gasteiger partial charge in [-0.2, -0.15) is 0 Å². The van der Waals surface area contributed by atoms with Crippen LogP contribution in [0.1, 0.15) is 42.1 Å². The van der Waals surface area contributed by atoms with Crippen molar-refractivity contribution in [2.45, 2.75) is 43.7 Å². The molecule has 40 heavy (non-hydrogen) atoms. The Morgan fingerprint density at radius 3 is 2.55 bits per heavy atom. The van der Waals surface area contributed by atoms with Crippen LogP contribution >= 0.6 is 0 Å². The van der Waals surface area contributed by atoms with E-state index in [-0.39, 0.29) is 23.9 Å². The van der Waals surface area contributed by atoms with Crippen LogP contribution in [0.25, 0.3) is 0 Å². The Hall–Kier alpha value is -4.18. The predicted octanol–water partition coefficient (Wildman–Crippen LogP) is 3.58. The molecule has 1 fully saturated rings. The van der Waals surface area contributed by atoms with Crippen LogP contribution < -0.4 is 10.6 Å². The number of rotatable bonds is 4. The van der Waals surface area contributed by atoms with Crippen molar-refractivity contribution in [3.8, 4) is 0 Å². The first-order chi connectivity index (χ1) is 19.0. The lowest BCUT2D eigenvalue weighted by molar-refractivity contribution is -0.154. The number of amides is 3. The fourth-order valence-corrected chi connectivity index (χ4v) is 6.18. The van der Waals surface area contributed by atoms with Crippen LogP contribution in [-0.2, 0) is 32.6 Å². The highest BCUT2D eigenvalue weighted by molar-refractivity contribution is 6.06. The van der Waals surface area contributed by atoms with Crippen molar-refractivity contribution in [1.82, 2.24) is 14.8 Å². The zero-order chi connectivity index (χ0) is 28.4. The zero-order valence-electron chi connectivity index (χ0n) is 22.4. The maximum Gasteiger partial charge on any atom is 0.244 e. The van der Waals surface area contributed by atoms with Crippen molar-refractivity contribution in [3.05, 3.63) is 88.6 Å². The Morgan fingerprint density at radius 1 is 1.07 bits per heavy atom. The number of carbonyl (C=O) groups is 3. The number of halogens is 2. The number of fused-ring (bicyclic) bond motifs is 3. The normalized spacial score (nSPS) is 23.2.